The molecule has 0 radical (unpaired) electrons. The molecule has 1 amide bonds. The van der Waals surface area contributed by atoms with Gasteiger partial charge in [-0.2, -0.15) is 0 Å². The lowest BCUT2D eigenvalue weighted by molar-refractivity contribution is -0.135. The van der Waals surface area contributed by atoms with Crippen molar-refractivity contribution in [1.82, 2.24) is 4.98 Å². The van der Waals surface area contributed by atoms with Gasteiger partial charge in [-0.3, -0.25) is 14.5 Å². The van der Waals surface area contributed by atoms with E-state index in [9.17, 15) is 9.59 Å². The number of nitrogens with zero attached hydrogens (tertiary/aromatic N) is 2. The highest BCUT2D eigenvalue weighted by atomic mass is 35.5. The number of carbonyl (C=O) groups excluding carboxylic acids is 1. The van der Waals surface area contributed by atoms with Crippen LogP contribution in [-0.2, 0) is 4.79 Å². The maximum atomic E-state index is 12.4. The third-order valence-electron chi connectivity index (χ3n) is 2.83. The molecule has 1 aromatic carbocycles. The first-order chi connectivity index (χ1) is 9.97. The summed E-state index contributed by atoms with van der Waals surface area (Å²) in [5.74, 6) is -1.59. The number of hydrogen-bond donors (Lipinski definition) is 1. The number of halogens is 1. The third kappa shape index (κ3) is 3.79. The van der Waals surface area contributed by atoms with E-state index in [0.29, 0.717) is 10.7 Å². The summed E-state index contributed by atoms with van der Waals surface area (Å²) in [7, 11) is 0. The Kier molecular flexibility index (Phi) is 4.55. The van der Waals surface area contributed by atoms with Gasteiger partial charge in [0.2, 0.25) is 0 Å². The predicted octanol–water partition coefficient (Wildman–Crippen LogP) is 2.77. The van der Waals surface area contributed by atoms with Crippen molar-refractivity contribution >= 4 is 29.2 Å². The zero-order chi connectivity index (χ0) is 15.4. The van der Waals surface area contributed by atoms with Crippen molar-refractivity contribution in [3.63, 3.8) is 0 Å². The van der Waals surface area contributed by atoms with Gasteiger partial charge in [0.15, 0.2) is 0 Å². The highest BCUT2D eigenvalue weighted by Gasteiger charge is 2.21. The number of aliphatic carboxylic acids is 1. The number of pyridine rings is 1. The quantitative estimate of drug-likeness (QED) is 0.943. The van der Waals surface area contributed by atoms with E-state index in [2.05, 4.69) is 4.98 Å². The number of aryl methyl sites for hydroxylation is 1. The Hall–Kier alpha value is -2.40. The summed E-state index contributed by atoms with van der Waals surface area (Å²) in [6, 6.07) is 10.0. The molecule has 6 heteroatoms. The highest BCUT2D eigenvalue weighted by molar-refractivity contribution is 6.30. The number of carboxylic acid groups (broad SMARTS) is 1. The van der Waals surface area contributed by atoms with Gasteiger partial charge in [0.1, 0.15) is 12.2 Å². The van der Waals surface area contributed by atoms with Crippen LogP contribution in [0.25, 0.3) is 0 Å². The second-order valence-electron chi connectivity index (χ2n) is 4.48. The Labute approximate surface area is 126 Å². The smallest absolute Gasteiger partial charge is 0.323 e. The van der Waals surface area contributed by atoms with Crippen molar-refractivity contribution in [2.24, 2.45) is 0 Å². The van der Waals surface area contributed by atoms with Gasteiger partial charge >= 0.3 is 5.97 Å². The molecule has 1 aromatic heterocycles. The Morgan fingerprint density at radius 2 is 1.86 bits per heavy atom. The van der Waals surface area contributed by atoms with Gasteiger partial charge in [-0.1, -0.05) is 29.3 Å². The van der Waals surface area contributed by atoms with Gasteiger partial charge in [-0.25, -0.2) is 4.98 Å². The van der Waals surface area contributed by atoms with Crippen molar-refractivity contribution in [3.8, 4) is 0 Å². The molecule has 0 spiro atoms. The Morgan fingerprint density at radius 1 is 1.19 bits per heavy atom. The van der Waals surface area contributed by atoms with Crippen molar-refractivity contribution in [1.29, 1.82) is 0 Å². The molecule has 0 atom stereocenters. The molecule has 0 unspecified atom stereocenters. The number of carboxylic acids is 1. The van der Waals surface area contributed by atoms with Crippen molar-refractivity contribution in [3.05, 3.63) is 58.9 Å². The molecule has 2 aromatic rings. The molecule has 5 nitrogen and oxygen atoms in total. The van der Waals surface area contributed by atoms with Crippen LogP contribution in [0.4, 0.5) is 5.69 Å². The van der Waals surface area contributed by atoms with E-state index in [1.54, 1.807) is 12.1 Å². The van der Waals surface area contributed by atoms with Gasteiger partial charge in [-0.15, -0.1) is 0 Å². The third-order valence-corrected chi connectivity index (χ3v) is 3.05. The molecular weight excluding hydrogens is 292 g/mol. The maximum Gasteiger partial charge on any atom is 0.323 e. The minimum atomic E-state index is -1.10. The fourth-order valence-electron chi connectivity index (χ4n) is 1.78. The second-order valence-corrected chi connectivity index (χ2v) is 4.92. The van der Waals surface area contributed by atoms with Crippen LogP contribution in [0, 0.1) is 6.92 Å². The summed E-state index contributed by atoms with van der Waals surface area (Å²) in [4.78, 5) is 28.5. The molecule has 21 heavy (non-hydrogen) atoms. The van der Waals surface area contributed by atoms with Gasteiger partial charge in [-0.05, 0) is 31.2 Å². The average Bonchev–Trinajstić information content (AvgIpc) is 2.46. The van der Waals surface area contributed by atoms with Crippen molar-refractivity contribution < 1.29 is 14.7 Å². The van der Waals surface area contributed by atoms with E-state index in [0.717, 1.165) is 10.5 Å². The molecule has 0 saturated heterocycles. The summed E-state index contributed by atoms with van der Waals surface area (Å²) in [6.45, 7) is 1.47. The topological polar surface area (TPSA) is 70.5 Å². The summed E-state index contributed by atoms with van der Waals surface area (Å²) in [5.41, 5.74) is 1.66. The largest absolute Gasteiger partial charge is 0.480 e. The van der Waals surface area contributed by atoms with Gasteiger partial charge in [0, 0.05) is 11.9 Å². The zero-order valence-electron chi connectivity index (χ0n) is 11.3. The number of aromatic nitrogens is 1. The van der Waals surface area contributed by atoms with Crippen LogP contribution >= 0.6 is 11.6 Å². The molecule has 0 fully saturated rings. The number of rotatable bonds is 4. The van der Waals surface area contributed by atoms with Crippen LogP contribution in [0.15, 0.2) is 42.6 Å². The minimum absolute atomic E-state index is 0.140. The first-order valence-corrected chi connectivity index (χ1v) is 6.57. The highest BCUT2D eigenvalue weighted by Crippen LogP contribution is 2.18. The number of benzene rings is 1. The lowest BCUT2D eigenvalue weighted by Gasteiger charge is -2.20. The molecule has 0 saturated carbocycles. The molecule has 0 aliphatic heterocycles. The van der Waals surface area contributed by atoms with E-state index >= 15 is 0 Å². The van der Waals surface area contributed by atoms with Crippen LogP contribution in [0.5, 0.6) is 0 Å². The van der Waals surface area contributed by atoms with E-state index in [1.807, 2.05) is 19.1 Å². The molecule has 1 heterocycles. The number of anilines is 1. The standard InChI is InChI=1S/C15H13ClN2O3/c1-10-2-5-12(6-3-10)18(9-14(19)20)15(21)13-7-4-11(16)8-17-13/h2-8H,9H2,1H3,(H,19,20). The fraction of sp³-hybridized carbons (Fsp3) is 0.133. The first-order valence-electron chi connectivity index (χ1n) is 6.19. The normalized spacial score (nSPS) is 10.2. The van der Waals surface area contributed by atoms with Crippen LogP contribution < -0.4 is 4.90 Å². The second kappa shape index (κ2) is 6.37. The van der Waals surface area contributed by atoms with E-state index in [4.69, 9.17) is 16.7 Å². The SMILES string of the molecule is Cc1ccc(N(CC(=O)O)C(=O)c2ccc(Cl)cn2)cc1. The Balaban J connectivity index is 2.35. The van der Waals surface area contributed by atoms with Crippen LogP contribution in [0.2, 0.25) is 5.02 Å². The molecular formula is C15H13ClN2O3. The van der Waals surface area contributed by atoms with Crippen LogP contribution in [0.1, 0.15) is 16.1 Å². The van der Waals surface area contributed by atoms with E-state index < -0.39 is 18.4 Å². The van der Waals surface area contributed by atoms with Crippen molar-refractivity contribution in [2.75, 3.05) is 11.4 Å². The molecule has 0 aliphatic rings. The van der Waals surface area contributed by atoms with Crippen LogP contribution in [-0.4, -0.2) is 28.5 Å². The summed E-state index contributed by atoms with van der Waals surface area (Å²) >= 11 is 5.73. The molecule has 2 rings (SSSR count). The average molecular weight is 305 g/mol. The predicted molar refractivity (Wildman–Crippen MR) is 79.7 cm³/mol. The van der Waals surface area contributed by atoms with Gasteiger partial charge < -0.3 is 5.11 Å². The summed E-state index contributed by atoms with van der Waals surface area (Å²) < 4.78 is 0. The van der Waals surface area contributed by atoms with Gasteiger partial charge in [0.05, 0.1) is 5.02 Å². The molecule has 108 valence electrons. The summed E-state index contributed by atoms with van der Waals surface area (Å²) in [6.07, 6.45) is 1.35. The molecule has 1 N–H and O–H groups in total. The fourth-order valence-corrected chi connectivity index (χ4v) is 1.89. The van der Waals surface area contributed by atoms with Crippen LogP contribution in [0.3, 0.4) is 0 Å². The molecule has 0 bridgehead atoms. The van der Waals surface area contributed by atoms with E-state index in [1.165, 1.54) is 18.3 Å². The molecule has 0 aliphatic carbocycles. The first kappa shape index (κ1) is 15.0. The number of hydrogen-bond acceptors (Lipinski definition) is 3. The Morgan fingerprint density at radius 3 is 2.38 bits per heavy atom. The maximum absolute atomic E-state index is 12.4. The van der Waals surface area contributed by atoms with Crippen molar-refractivity contribution in [2.45, 2.75) is 6.92 Å². The monoisotopic (exact) mass is 304 g/mol. The number of amides is 1. The number of carbonyl (C=O) groups is 2. The van der Waals surface area contributed by atoms with Gasteiger partial charge in [0.25, 0.3) is 5.91 Å². The lowest BCUT2D eigenvalue weighted by Crippen LogP contribution is -2.36. The zero-order valence-corrected chi connectivity index (χ0v) is 12.0. The van der Waals surface area contributed by atoms with E-state index in [-0.39, 0.29) is 5.69 Å². The Bertz CT molecular complexity index is 654. The minimum Gasteiger partial charge on any atom is -0.480 e. The lowest BCUT2D eigenvalue weighted by atomic mass is 10.2. The summed E-state index contributed by atoms with van der Waals surface area (Å²) in [5, 5.41) is 9.41.